The fourth-order valence-electron chi connectivity index (χ4n) is 2.15. The average Bonchev–Trinajstić information content (AvgIpc) is 3.00. The molecule has 0 saturated carbocycles. The topological polar surface area (TPSA) is 50.5 Å². The molecule has 19 heavy (non-hydrogen) atoms. The van der Waals surface area contributed by atoms with E-state index in [9.17, 15) is 0 Å². The van der Waals surface area contributed by atoms with Crippen LogP contribution < -0.4 is 15.0 Å². The predicted octanol–water partition coefficient (Wildman–Crippen LogP) is 1.66. The highest BCUT2D eigenvalue weighted by Crippen LogP contribution is 2.20. The lowest BCUT2D eigenvalue weighted by molar-refractivity contribution is 0.249. The van der Waals surface area contributed by atoms with Gasteiger partial charge in [-0.2, -0.15) is 0 Å². The highest BCUT2D eigenvalue weighted by Gasteiger charge is 2.10. The average molecular weight is 259 g/mol. The molecular weight excluding hydrogens is 242 g/mol. The Morgan fingerprint density at radius 2 is 1.95 bits per heavy atom. The molecule has 0 aliphatic carbocycles. The van der Waals surface area contributed by atoms with E-state index in [0.29, 0.717) is 6.61 Å². The lowest BCUT2D eigenvalue weighted by Crippen LogP contribution is -2.43. The molecule has 0 radical (unpaired) electrons. The summed E-state index contributed by atoms with van der Waals surface area (Å²) >= 11 is 0. The Hall–Kier alpha value is -2.01. The van der Waals surface area contributed by atoms with Gasteiger partial charge in [-0.3, -0.25) is 0 Å². The highest BCUT2D eigenvalue weighted by atomic mass is 16.5. The van der Waals surface area contributed by atoms with Gasteiger partial charge in [0.15, 0.2) is 5.76 Å². The van der Waals surface area contributed by atoms with E-state index in [4.69, 9.17) is 9.26 Å². The van der Waals surface area contributed by atoms with Crippen LogP contribution in [0.3, 0.4) is 0 Å². The fraction of sp³-hybridized carbons (Fsp3) is 0.357. The van der Waals surface area contributed by atoms with Crippen molar-refractivity contribution >= 4 is 5.69 Å². The van der Waals surface area contributed by atoms with Crippen molar-refractivity contribution in [2.24, 2.45) is 0 Å². The molecule has 1 aliphatic rings. The van der Waals surface area contributed by atoms with Crippen LogP contribution in [-0.2, 0) is 6.61 Å². The summed E-state index contributed by atoms with van der Waals surface area (Å²) in [6, 6.07) is 9.98. The first-order valence-corrected chi connectivity index (χ1v) is 6.50. The molecule has 1 aliphatic heterocycles. The molecule has 100 valence electrons. The molecule has 0 spiro atoms. The Morgan fingerprint density at radius 3 is 2.63 bits per heavy atom. The van der Waals surface area contributed by atoms with Gasteiger partial charge >= 0.3 is 0 Å². The molecule has 1 fully saturated rings. The second-order valence-electron chi connectivity index (χ2n) is 4.50. The lowest BCUT2D eigenvalue weighted by Gasteiger charge is -2.29. The normalized spacial score (nSPS) is 15.5. The van der Waals surface area contributed by atoms with Gasteiger partial charge in [0.05, 0.1) is 6.20 Å². The van der Waals surface area contributed by atoms with Crippen LogP contribution in [0.5, 0.6) is 5.75 Å². The van der Waals surface area contributed by atoms with Gasteiger partial charge in [-0.05, 0) is 24.3 Å². The quantitative estimate of drug-likeness (QED) is 0.905. The Labute approximate surface area is 112 Å². The van der Waals surface area contributed by atoms with Crippen LogP contribution in [0.1, 0.15) is 5.76 Å². The number of nitrogens with one attached hydrogen (secondary N) is 1. The number of rotatable bonds is 4. The molecule has 3 rings (SSSR count). The van der Waals surface area contributed by atoms with Crippen LogP contribution >= 0.6 is 0 Å². The van der Waals surface area contributed by atoms with E-state index in [0.717, 1.165) is 37.7 Å². The summed E-state index contributed by atoms with van der Waals surface area (Å²) in [6.07, 6.45) is 1.62. The SMILES string of the molecule is c1cc(COc2ccc(N3CCNCC3)cc2)on1. The molecule has 2 aromatic rings. The van der Waals surface area contributed by atoms with Crippen LogP contribution in [0, 0.1) is 0 Å². The number of anilines is 1. The lowest BCUT2D eigenvalue weighted by atomic mass is 10.2. The van der Waals surface area contributed by atoms with Crippen LogP contribution in [0.15, 0.2) is 41.1 Å². The Balaban J connectivity index is 1.58. The maximum atomic E-state index is 5.63. The zero-order chi connectivity index (χ0) is 12.9. The summed E-state index contributed by atoms with van der Waals surface area (Å²) < 4.78 is 10.6. The number of nitrogens with zero attached hydrogens (tertiary/aromatic N) is 2. The summed E-state index contributed by atoms with van der Waals surface area (Å²) in [4.78, 5) is 2.37. The van der Waals surface area contributed by atoms with Gasteiger partial charge < -0.3 is 19.5 Å². The third-order valence-electron chi connectivity index (χ3n) is 3.19. The van der Waals surface area contributed by atoms with E-state index in [1.807, 2.05) is 12.1 Å². The van der Waals surface area contributed by atoms with Crippen molar-refractivity contribution in [2.45, 2.75) is 6.61 Å². The number of benzene rings is 1. The van der Waals surface area contributed by atoms with Crippen molar-refractivity contribution in [1.29, 1.82) is 0 Å². The molecule has 1 saturated heterocycles. The monoisotopic (exact) mass is 259 g/mol. The van der Waals surface area contributed by atoms with E-state index in [2.05, 4.69) is 27.5 Å². The van der Waals surface area contributed by atoms with Gasteiger partial charge in [0.1, 0.15) is 12.4 Å². The largest absolute Gasteiger partial charge is 0.486 e. The van der Waals surface area contributed by atoms with Crippen molar-refractivity contribution in [3.63, 3.8) is 0 Å². The number of piperazine rings is 1. The minimum absolute atomic E-state index is 0.410. The van der Waals surface area contributed by atoms with Gasteiger partial charge in [0.25, 0.3) is 0 Å². The molecule has 0 amide bonds. The van der Waals surface area contributed by atoms with Crippen molar-refractivity contribution in [2.75, 3.05) is 31.1 Å². The summed E-state index contributed by atoms with van der Waals surface area (Å²) in [5, 5.41) is 6.99. The first-order valence-electron chi connectivity index (χ1n) is 6.50. The van der Waals surface area contributed by atoms with Crippen molar-refractivity contribution in [3.8, 4) is 5.75 Å². The third kappa shape index (κ3) is 3.06. The first-order chi connectivity index (χ1) is 9.42. The van der Waals surface area contributed by atoms with Crippen molar-refractivity contribution in [1.82, 2.24) is 10.5 Å². The van der Waals surface area contributed by atoms with Gasteiger partial charge in [-0.15, -0.1) is 0 Å². The molecule has 5 nitrogen and oxygen atoms in total. The minimum atomic E-state index is 0.410. The van der Waals surface area contributed by atoms with Gasteiger partial charge in [0, 0.05) is 37.9 Å². The molecule has 0 bridgehead atoms. The highest BCUT2D eigenvalue weighted by molar-refractivity contribution is 5.49. The van der Waals surface area contributed by atoms with Crippen molar-refractivity contribution < 1.29 is 9.26 Å². The summed E-state index contributed by atoms with van der Waals surface area (Å²) in [5.41, 5.74) is 1.24. The number of ether oxygens (including phenoxy) is 1. The molecule has 1 N–H and O–H groups in total. The molecule has 1 aromatic heterocycles. The maximum Gasteiger partial charge on any atom is 0.174 e. The molecule has 1 aromatic carbocycles. The van der Waals surface area contributed by atoms with Gasteiger partial charge in [-0.1, -0.05) is 5.16 Å². The van der Waals surface area contributed by atoms with E-state index >= 15 is 0 Å². The molecule has 0 unspecified atom stereocenters. The second-order valence-corrected chi connectivity index (χ2v) is 4.50. The number of aromatic nitrogens is 1. The summed E-state index contributed by atoms with van der Waals surface area (Å²) in [5.74, 6) is 1.57. The van der Waals surface area contributed by atoms with Crippen LogP contribution in [0.25, 0.3) is 0 Å². The van der Waals surface area contributed by atoms with Crippen molar-refractivity contribution in [3.05, 3.63) is 42.3 Å². The Bertz CT molecular complexity index is 490. The number of hydrogen-bond acceptors (Lipinski definition) is 5. The van der Waals surface area contributed by atoms with Gasteiger partial charge in [-0.25, -0.2) is 0 Å². The Kier molecular flexibility index (Phi) is 3.65. The molecule has 2 heterocycles. The maximum absolute atomic E-state index is 5.63. The van der Waals surface area contributed by atoms with Gasteiger partial charge in [0.2, 0.25) is 0 Å². The van der Waals surface area contributed by atoms with E-state index in [-0.39, 0.29) is 0 Å². The smallest absolute Gasteiger partial charge is 0.174 e. The molecule has 0 atom stereocenters. The molecular formula is C14H17N3O2. The second kappa shape index (κ2) is 5.75. The zero-order valence-corrected chi connectivity index (χ0v) is 10.7. The predicted molar refractivity (Wildman–Crippen MR) is 72.4 cm³/mol. The van der Waals surface area contributed by atoms with E-state index in [1.54, 1.807) is 12.3 Å². The van der Waals surface area contributed by atoms with Crippen LogP contribution in [0.2, 0.25) is 0 Å². The summed E-state index contributed by atoms with van der Waals surface area (Å²) in [6.45, 7) is 4.61. The molecule has 5 heteroatoms. The fourth-order valence-corrected chi connectivity index (χ4v) is 2.15. The van der Waals surface area contributed by atoms with E-state index < -0.39 is 0 Å². The first kappa shape index (κ1) is 12.0. The van der Waals surface area contributed by atoms with Crippen LogP contribution in [0.4, 0.5) is 5.69 Å². The third-order valence-corrected chi connectivity index (χ3v) is 3.19. The van der Waals surface area contributed by atoms with Crippen LogP contribution in [-0.4, -0.2) is 31.3 Å². The number of hydrogen-bond donors (Lipinski definition) is 1. The zero-order valence-electron chi connectivity index (χ0n) is 10.7. The summed E-state index contributed by atoms with van der Waals surface area (Å²) in [7, 11) is 0. The minimum Gasteiger partial charge on any atom is -0.486 e. The Morgan fingerprint density at radius 1 is 1.16 bits per heavy atom. The van der Waals surface area contributed by atoms with E-state index in [1.165, 1.54) is 5.69 Å². The standard InChI is InChI=1S/C14H17N3O2/c1-3-13(18-11-14-5-6-16-19-14)4-2-12(1)17-9-7-15-8-10-17/h1-6,15H,7-11H2.